The normalized spacial score (nSPS) is 16.6. The van der Waals surface area contributed by atoms with Crippen molar-refractivity contribution < 1.29 is 13.9 Å². The van der Waals surface area contributed by atoms with Crippen LogP contribution in [-0.2, 0) is 11.3 Å². The molecule has 0 spiro atoms. The summed E-state index contributed by atoms with van der Waals surface area (Å²) in [5, 5.41) is 0. The fourth-order valence-electron chi connectivity index (χ4n) is 2.31. The summed E-state index contributed by atoms with van der Waals surface area (Å²) in [6, 6.07) is 4.73. The molecular formula is C14H18FNO2. The fourth-order valence-corrected chi connectivity index (χ4v) is 2.31. The van der Waals surface area contributed by atoms with E-state index in [2.05, 4.69) is 9.64 Å². The van der Waals surface area contributed by atoms with Crippen molar-refractivity contribution in [1.29, 1.82) is 0 Å². The molecule has 0 N–H and O–H groups in total. The Morgan fingerprint density at radius 3 is 2.67 bits per heavy atom. The third-order valence-electron chi connectivity index (χ3n) is 3.29. The lowest BCUT2D eigenvalue weighted by molar-refractivity contribution is 0.0595. The van der Waals surface area contributed by atoms with Gasteiger partial charge >= 0.3 is 5.97 Å². The number of piperidine rings is 1. The van der Waals surface area contributed by atoms with Gasteiger partial charge in [-0.3, -0.25) is 4.90 Å². The summed E-state index contributed by atoms with van der Waals surface area (Å²) in [4.78, 5) is 13.6. The van der Waals surface area contributed by atoms with Gasteiger partial charge in [0.1, 0.15) is 5.82 Å². The number of rotatable bonds is 3. The molecule has 0 unspecified atom stereocenters. The van der Waals surface area contributed by atoms with Gasteiger partial charge in [-0.15, -0.1) is 0 Å². The van der Waals surface area contributed by atoms with Crippen LogP contribution in [0, 0.1) is 5.82 Å². The minimum atomic E-state index is -0.628. The average molecular weight is 251 g/mol. The van der Waals surface area contributed by atoms with E-state index in [9.17, 15) is 9.18 Å². The maximum atomic E-state index is 13.7. The van der Waals surface area contributed by atoms with E-state index in [1.165, 1.54) is 38.5 Å². The number of hydrogen-bond donors (Lipinski definition) is 0. The van der Waals surface area contributed by atoms with Crippen LogP contribution in [0.15, 0.2) is 18.2 Å². The lowest BCUT2D eigenvalue weighted by Crippen LogP contribution is -2.29. The van der Waals surface area contributed by atoms with E-state index >= 15 is 0 Å². The Hall–Kier alpha value is -1.42. The predicted molar refractivity (Wildman–Crippen MR) is 66.9 cm³/mol. The van der Waals surface area contributed by atoms with Crippen LogP contribution in [0.2, 0.25) is 0 Å². The van der Waals surface area contributed by atoms with Crippen molar-refractivity contribution in [2.24, 2.45) is 0 Å². The van der Waals surface area contributed by atoms with Crippen LogP contribution in [0.5, 0.6) is 0 Å². The molecule has 1 aliphatic heterocycles. The largest absolute Gasteiger partial charge is 0.465 e. The highest BCUT2D eigenvalue weighted by Gasteiger charge is 2.14. The highest BCUT2D eigenvalue weighted by atomic mass is 19.1. The number of likely N-dealkylation sites (tertiary alicyclic amines) is 1. The SMILES string of the molecule is COC(=O)c1ccc(CN2CCCCC2)cc1F. The molecule has 0 saturated carbocycles. The molecular weight excluding hydrogens is 233 g/mol. The predicted octanol–water partition coefficient (Wildman–Crippen LogP) is 2.60. The summed E-state index contributed by atoms with van der Waals surface area (Å²) >= 11 is 0. The van der Waals surface area contributed by atoms with Crippen LogP contribution in [0.4, 0.5) is 4.39 Å². The first-order chi connectivity index (χ1) is 8.70. The van der Waals surface area contributed by atoms with Crippen molar-refractivity contribution in [3.8, 4) is 0 Å². The topological polar surface area (TPSA) is 29.5 Å². The number of benzene rings is 1. The lowest BCUT2D eigenvalue weighted by Gasteiger charge is -2.26. The fraction of sp³-hybridized carbons (Fsp3) is 0.500. The number of methoxy groups -OCH3 is 1. The van der Waals surface area contributed by atoms with Crippen LogP contribution in [0.1, 0.15) is 35.2 Å². The van der Waals surface area contributed by atoms with E-state index in [1.54, 1.807) is 6.07 Å². The van der Waals surface area contributed by atoms with Crippen molar-refractivity contribution in [1.82, 2.24) is 4.90 Å². The third-order valence-corrected chi connectivity index (χ3v) is 3.29. The summed E-state index contributed by atoms with van der Waals surface area (Å²) in [6.07, 6.45) is 3.71. The second-order valence-corrected chi connectivity index (χ2v) is 4.64. The van der Waals surface area contributed by atoms with Crippen LogP contribution in [-0.4, -0.2) is 31.1 Å². The third kappa shape index (κ3) is 3.07. The molecule has 1 aliphatic rings. The molecule has 98 valence electrons. The minimum Gasteiger partial charge on any atom is -0.465 e. The van der Waals surface area contributed by atoms with E-state index in [-0.39, 0.29) is 5.56 Å². The van der Waals surface area contributed by atoms with Gasteiger partial charge in [0.25, 0.3) is 0 Å². The summed E-state index contributed by atoms with van der Waals surface area (Å²) in [7, 11) is 1.25. The zero-order valence-corrected chi connectivity index (χ0v) is 10.6. The van der Waals surface area contributed by atoms with Crippen LogP contribution in [0.25, 0.3) is 0 Å². The van der Waals surface area contributed by atoms with Gasteiger partial charge in [0.15, 0.2) is 0 Å². The number of ether oxygens (including phenoxy) is 1. The number of carbonyl (C=O) groups excluding carboxylic acids is 1. The van der Waals surface area contributed by atoms with Gasteiger partial charge in [0.05, 0.1) is 12.7 Å². The van der Waals surface area contributed by atoms with Gasteiger partial charge in [0.2, 0.25) is 0 Å². The van der Waals surface area contributed by atoms with E-state index < -0.39 is 11.8 Å². The molecule has 0 amide bonds. The average Bonchev–Trinajstić information content (AvgIpc) is 2.39. The van der Waals surface area contributed by atoms with Gasteiger partial charge in [-0.05, 0) is 43.6 Å². The minimum absolute atomic E-state index is 0.0000980. The van der Waals surface area contributed by atoms with E-state index in [4.69, 9.17) is 0 Å². The summed E-state index contributed by atoms with van der Waals surface area (Å²) < 4.78 is 18.2. The summed E-state index contributed by atoms with van der Waals surface area (Å²) in [6.45, 7) is 2.89. The highest BCUT2D eigenvalue weighted by molar-refractivity contribution is 5.89. The Morgan fingerprint density at radius 1 is 1.33 bits per heavy atom. The molecule has 3 nitrogen and oxygen atoms in total. The smallest absolute Gasteiger partial charge is 0.340 e. The first kappa shape index (κ1) is 13.0. The molecule has 1 heterocycles. The monoisotopic (exact) mass is 251 g/mol. The lowest BCUT2D eigenvalue weighted by atomic mass is 10.1. The second kappa shape index (κ2) is 5.96. The highest BCUT2D eigenvalue weighted by Crippen LogP contribution is 2.16. The van der Waals surface area contributed by atoms with Crippen molar-refractivity contribution in [2.45, 2.75) is 25.8 Å². The Labute approximate surface area is 107 Å². The molecule has 1 saturated heterocycles. The molecule has 0 aliphatic carbocycles. The molecule has 18 heavy (non-hydrogen) atoms. The first-order valence-electron chi connectivity index (χ1n) is 6.30. The van der Waals surface area contributed by atoms with Gasteiger partial charge in [0, 0.05) is 6.54 Å². The van der Waals surface area contributed by atoms with E-state index in [1.807, 2.05) is 0 Å². The van der Waals surface area contributed by atoms with Gasteiger partial charge in [-0.1, -0.05) is 12.5 Å². The maximum absolute atomic E-state index is 13.7. The molecule has 1 aromatic rings. The van der Waals surface area contributed by atoms with Gasteiger partial charge < -0.3 is 4.74 Å². The molecule has 0 atom stereocenters. The summed E-state index contributed by atoms with van der Waals surface area (Å²) in [5.41, 5.74) is 0.905. The zero-order valence-electron chi connectivity index (χ0n) is 10.6. The van der Waals surface area contributed by atoms with Crippen LogP contribution in [0.3, 0.4) is 0 Å². The first-order valence-corrected chi connectivity index (χ1v) is 6.30. The zero-order chi connectivity index (χ0) is 13.0. The Morgan fingerprint density at radius 2 is 2.06 bits per heavy atom. The Balaban J connectivity index is 2.06. The number of nitrogens with zero attached hydrogens (tertiary/aromatic N) is 1. The van der Waals surface area contributed by atoms with E-state index in [0.717, 1.165) is 25.2 Å². The molecule has 0 radical (unpaired) electrons. The van der Waals surface area contributed by atoms with Crippen LogP contribution >= 0.6 is 0 Å². The standard InChI is InChI=1S/C14H18FNO2/c1-18-14(17)12-6-5-11(9-13(12)15)10-16-7-3-2-4-8-16/h5-6,9H,2-4,7-8,10H2,1H3. The van der Waals surface area contributed by atoms with Crippen molar-refractivity contribution in [3.05, 3.63) is 35.1 Å². The van der Waals surface area contributed by atoms with Crippen molar-refractivity contribution >= 4 is 5.97 Å². The number of carbonyl (C=O) groups is 1. The number of halogens is 1. The quantitative estimate of drug-likeness (QED) is 0.773. The molecule has 1 fully saturated rings. The number of hydrogen-bond acceptors (Lipinski definition) is 3. The van der Waals surface area contributed by atoms with Crippen molar-refractivity contribution in [2.75, 3.05) is 20.2 Å². The second-order valence-electron chi connectivity index (χ2n) is 4.64. The van der Waals surface area contributed by atoms with Crippen molar-refractivity contribution in [3.63, 3.8) is 0 Å². The van der Waals surface area contributed by atoms with Crippen LogP contribution < -0.4 is 0 Å². The molecule has 1 aromatic carbocycles. The Kier molecular flexibility index (Phi) is 4.31. The van der Waals surface area contributed by atoms with E-state index in [0.29, 0.717) is 0 Å². The molecule has 2 rings (SSSR count). The molecule has 0 aromatic heterocycles. The van der Waals surface area contributed by atoms with Gasteiger partial charge in [-0.25, -0.2) is 9.18 Å². The summed E-state index contributed by atoms with van der Waals surface area (Å²) in [5.74, 6) is -1.13. The molecule has 0 bridgehead atoms. The number of esters is 1. The van der Waals surface area contributed by atoms with Gasteiger partial charge in [-0.2, -0.15) is 0 Å². The Bertz CT molecular complexity index is 428. The maximum Gasteiger partial charge on any atom is 0.340 e. The molecule has 4 heteroatoms.